The number of anilines is 2. The number of rotatable bonds is 4. The van der Waals surface area contributed by atoms with Gasteiger partial charge in [0.25, 0.3) is 10.0 Å². The van der Waals surface area contributed by atoms with Gasteiger partial charge in [-0.2, -0.15) is 0 Å². The summed E-state index contributed by atoms with van der Waals surface area (Å²) in [5.74, 6) is -0.755. The molecule has 0 unspecified atom stereocenters. The van der Waals surface area contributed by atoms with Gasteiger partial charge in [0.05, 0.1) is 11.2 Å². The van der Waals surface area contributed by atoms with Crippen molar-refractivity contribution in [3.05, 3.63) is 50.4 Å². The molecule has 0 bridgehead atoms. The molecular weight excluding hydrogens is 464 g/mol. The van der Waals surface area contributed by atoms with Gasteiger partial charge < -0.3 is 15.1 Å². The maximum Gasteiger partial charge on any atom is 0.417 e. The molecule has 0 spiro atoms. The van der Waals surface area contributed by atoms with Crippen LogP contribution in [0, 0.1) is 0 Å². The molecule has 0 atom stereocenters. The topological polar surface area (TPSA) is 133 Å². The zero-order valence-corrected chi connectivity index (χ0v) is 16.8. The van der Waals surface area contributed by atoms with Gasteiger partial charge in [0.1, 0.15) is 9.92 Å². The quantitative estimate of drug-likeness (QED) is 0.460. The highest BCUT2D eigenvalue weighted by Crippen LogP contribution is 2.36. The van der Waals surface area contributed by atoms with E-state index >= 15 is 0 Å². The fourth-order valence-corrected chi connectivity index (χ4v) is 5.22. The summed E-state index contributed by atoms with van der Waals surface area (Å²) < 4.78 is 33.1. The molecule has 0 saturated heterocycles. The summed E-state index contributed by atoms with van der Waals surface area (Å²) in [7, 11) is -2.69. The number of hydrogen-bond acceptors (Lipinski definition) is 5. The van der Waals surface area contributed by atoms with Crippen molar-refractivity contribution in [2.24, 2.45) is 0 Å². The van der Waals surface area contributed by atoms with E-state index in [2.05, 4.69) is 36.3 Å². The van der Waals surface area contributed by atoms with Crippen molar-refractivity contribution in [2.75, 3.05) is 17.1 Å². The third-order valence-corrected chi connectivity index (χ3v) is 6.26. The van der Waals surface area contributed by atoms with Crippen molar-refractivity contribution in [1.82, 2.24) is 10.3 Å². The molecule has 0 aliphatic heterocycles. The zero-order valence-electron chi connectivity index (χ0n) is 13.6. The molecule has 27 heavy (non-hydrogen) atoms. The summed E-state index contributed by atoms with van der Waals surface area (Å²) in [5.41, 5.74) is 0.766. The highest BCUT2D eigenvalue weighted by molar-refractivity contribution is 9.10. The van der Waals surface area contributed by atoms with E-state index in [9.17, 15) is 18.0 Å². The third-order valence-electron chi connectivity index (χ3n) is 3.43. The Morgan fingerprint density at radius 1 is 1.26 bits per heavy atom. The number of fused-ring (bicyclic) bond motifs is 1. The Morgan fingerprint density at radius 3 is 2.67 bits per heavy atom. The van der Waals surface area contributed by atoms with Crippen LogP contribution in [-0.4, -0.2) is 26.5 Å². The molecule has 0 saturated carbocycles. The van der Waals surface area contributed by atoms with E-state index in [1.807, 2.05) is 0 Å². The van der Waals surface area contributed by atoms with Gasteiger partial charge in [0, 0.05) is 17.2 Å². The average molecular weight is 476 g/mol. The van der Waals surface area contributed by atoms with Crippen molar-refractivity contribution in [3.63, 3.8) is 0 Å². The maximum absolute atomic E-state index is 12.8. The van der Waals surface area contributed by atoms with Crippen LogP contribution in [0.3, 0.4) is 0 Å². The molecule has 4 N–H and O–H groups in total. The van der Waals surface area contributed by atoms with Crippen LogP contribution in [-0.2, 0) is 10.0 Å². The molecule has 2 amide bonds. The minimum absolute atomic E-state index is 0.0692. The molecule has 0 aliphatic carbocycles. The second-order valence-electron chi connectivity index (χ2n) is 5.28. The lowest BCUT2D eigenvalue weighted by atomic mass is 10.3. The smallest absolute Gasteiger partial charge is 0.406 e. The number of oxazole rings is 1. The molecule has 1 aromatic heterocycles. The zero-order chi connectivity index (χ0) is 19.8. The number of nitrogens with one attached hydrogen (secondary N) is 4. The van der Waals surface area contributed by atoms with Crippen LogP contribution in [0.1, 0.15) is 0 Å². The lowest BCUT2D eigenvalue weighted by Gasteiger charge is -2.12. The lowest BCUT2D eigenvalue weighted by Crippen LogP contribution is -2.24. The normalized spacial score (nSPS) is 11.4. The first kappa shape index (κ1) is 19.3. The number of sulfonamides is 1. The van der Waals surface area contributed by atoms with E-state index in [0.29, 0.717) is 5.69 Å². The molecule has 2 aromatic carbocycles. The fourth-order valence-electron chi connectivity index (χ4n) is 2.31. The number of halogens is 2. The Kier molecular flexibility index (Phi) is 5.18. The number of amides is 2. The van der Waals surface area contributed by atoms with E-state index in [-0.39, 0.29) is 31.2 Å². The van der Waals surface area contributed by atoms with Gasteiger partial charge in [-0.1, -0.05) is 17.7 Å². The lowest BCUT2D eigenvalue weighted by molar-refractivity contribution is 0.254. The standard InChI is InChI=1S/C15H12BrClN4O5S/c1-18-14(22)19-7-3-2-4-8(5-7)21-27(24,25)13-9(16)6-10-12(11(13)17)26-15(23)20-10/h2-6,21H,1H3,(H,20,23)(H2,18,19,22). The molecule has 142 valence electrons. The summed E-state index contributed by atoms with van der Waals surface area (Å²) >= 11 is 9.31. The Morgan fingerprint density at radius 2 is 1.96 bits per heavy atom. The summed E-state index contributed by atoms with van der Waals surface area (Å²) in [6, 6.07) is 7.02. The van der Waals surface area contributed by atoms with Gasteiger partial charge in [-0.3, -0.25) is 9.71 Å². The molecule has 9 nitrogen and oxygen atoms in total. The van der Waals surface area contributed by atoms with E-state index < -0.39 is 21.8 Å². The highest BCUT2D eigenvalue weighted by Gasteiger charge is 2.26. The van der Waals surface area contributed by atoms with E-state index in [1.54, 1.807) is 12.1 Å². The van der Waals surface area contributed by atoms with Gasteiger partial charge in [0.15, 0.2) is 5.58 Å². The minimum Gasteiger partial charge on any atom is -0.406 e. The first-order chi connectivity index (χ1) is 12.7. The predicted molar refractivity (Wildman–Crippen MR) is 105 cm³/mol. The number of hydrogen-bond donors (Lipinski definition) is 4. The van der Waals surface area contributed by atoms with Crippen molar-refractivity contribution in [2.45, 2.75) is 4.90 Å². The highest BCUT2D eigenvalue weighted by atomic mass is 79.9. The molecule has 3 aromatic rings. The summed E-state index contributed by atoms with van der Waals surface area (Å²) in [6.45, 7) is 0. The van der Waals surface area contributed by atoms with Crippen LogP contribution < -0.4 is 21.1 Å². The number of carbonyl (C=O) groups excluding carboxylic acids is 1. The molecule has 12 heteroatoms. The average Bonchev–Trinajstić information content (AvgIpc) is 2.94. The molecule has 0 fully saturated rings. The van der Waals surface area contributed by atoms with Gasteiger partial charge in [-0.05, 0) is 40.2 Å². The summed E-state index contributed by atoms with van der Waals surface area (Å²) in [6.07, 6.45) is 0. The molecule has 0 aliphatic rings. The number of aromatic amines is 1. The second kappa shape index (κ2) is 7.25. The summed E-state index contributed by atoms with van der Waals surface area (Å²) in [4.78, 5) is 24.9. The van der Waals surface area contributed by atoms with Crippen molar-refractivity contribution in [1.29, 1.82) is 0 Å². The summed E-state index contributed by atoms with van der Waals surface area (Å²) in [5, 5.41) is 4.68. The Hall–Kier alpha value is -2.50. The van der Waals surface area contributed by atoms with Crippen LogP contribution in [0.2, 0.25) is 5.02 Å². The van der Waals surface area contributed by atoms with E-state index in [4.69, 9.17) is 16.0 Å². The van der Waals surface area contributed by atoms with E-state index in [0.717, 1.165) is 0 Å². The van der Waals surface area contributed by atoms with Crippen LogP contribution in [0.25, 0.3) is 11.1 Å². The van der Waals surface area contributed by atoms with E-state index in [1.165, 1.54) is 25.2 Å². The fraction of sp³-hybridized carbons (Fsp3) is 0.0667. The van der Waals surface area contributed by atoms with Crippen LogP contribution in [0.15, 0.2) is 48.9 Å². The monoisotopic (exact) mass is 474 g/mol. The van der Waals surface area contributed by atoms with Crippen molar-refractivity contribution >= 4 is 66.1 Å². The Balaban J connectivity index is 2.01. The maximum atomic E-state index is 12.8. The van der Waals surface area contributed by atoms with Gasteiger partial charge in [-0.15, -0.1) is 0 Å². The van der Waals surface area contributed by atoms with Crippen LogP contribution in [0.4, 0.5) is 16.2 Å². The third kappa shape index (κ3) is 3.94. The second-order valence-corrected chi connectivity index (χ2v) is 8.13. The number of urea groups is 1. The Labute approximate surface area is 166 Å². The number of carbonyl (C=O) groups is 1. The molecule has 3 rings (SSSR count). The largest absolute Gasteiger partial charge is 0.417 e. The SMILES string of the molecule is CNC(=O)Nc1cccc(NS(=O)(=O)c2c(Br)cc3[nH]c(=O)oc3c2Cl)c1. The van der Waals surface area contributed by atoms with Gasteiger partial charge in [0.2, 0.25) is 0 Å². The van der Waals surface area contributed by atoms with Crippen LogP contribution in [0.5, 0.6) is 0 Å². The molecule has 0 radical (unpaired) electrons. The van der Waals surface area contributed by atoms with Crippen LogP contribution >= 0.6 is 27.5 Å². The van der Waals surface area contributed by atoms with Crippen molar-refractivity contribution in [3.8, 4) is 0 Å². The number of benzene rings is 2. The Bertz CT molecular complexity index is 1200. The van der Waals surface area contributed by atoms with Gasteiger partial charge >= 0.3 is 11.8 Å². The first-order valence-electron chi connectivity index (χ1n) is 7.33. The number of H-pyrrole nitrogens is 1. The number of aromatic nitrogens is 1. The predicted octanol–water partition coefficient (Wildman–Crippen LogP) is 3.09. The molecular formula is C15H12BrClN4O5S. The minimum atomic E-state index is -4.14. The van der Waals surface area contributed by atoms with Crippen molar-refractivity contribution < 1.29 is 17.6 Å². The molecule has 1 heterocycles. The first-order valence-corrected chi connectivity index (χ1v) is 9.99. The van der Waals surface area contributed by atoms with Gasteiger partial charge in [-0.25, -0.2) is 18.0 Å².